The zero-order chi connectivity index (χ0) is 14.0. The van der Waals surface area contributed by atoms with Crippen LogP contribution < -0.4 is 11.1 Å². The minimum absolute atomic E-state index is 0.119. The molecule has 0 aliphatic carbocycles. The molecule has 0 fully saturated rings. The molecule has 0 aliphatic rings. The summed E-state index contributed by atoms with van der Waals surface area (Å²) in [5.41, 5.74) is 5.60. The van der Waals surface area contributed by atoms with E-state index in [4.69, 9.17) is 10.8 Å². The van der Waals surface area contributed by atoms with Crippen LogP contribution in [0.25, 0.3) is 0 Å². The minimum atomic E-state index is -0.756. The predicted molar refractivity (Wildman–Crippen MR) is 71.2 cm³/mol. The molecular formula is C13H26N2O3. The second kappa shape index (κ2) is 9.88. The van der Waals surface area contributed by atoms with Crippen LogP contribution in [-0.2, 0) is 9.59 Å². The largest absolute Gasteiger partial charge is 0.481 e. The Bertz CT molecular complexity index is 257. The summed E-state index contributed by atoms with van der Waals surface area (Å²) < 4.78 is 0. The lowest BCUT2D eigenvalue weighted by molar-refractivity contribution is -0.137. The van der Waals surface area contributed by atoms with Crippen LogP contribution in [0.4, 0.5) is 0 Å². The molecule has 18 heavy (non-hydrogen) atoms. The number of nitrogens with two attached hydrogens (primary N) is 1. The molecule has 0 aromatic rings. The summed E-state index contributed by atoms with van der Waals surface area (Å²) >= 11 is 0. The first-order chi connectivity index (χ1) is 8.51. The second-order valence-electron chi connectivity index (χ2n) is 4.68. The highest BCUT2D eigenvalue weighted by Gasteiger charge is 2.13. The average Bonchev–Trinajstić information content (AvgIpc) is 2.34. The number of rotatable bonds is 10. The maximum absolute atomic E-state index is 11.4. The van der Waals surface area contributed by atoms with E-state index in [1.165, 1.54) is 0 Å². The van der Waals surface area contributed by atoms with Gasteiger partial charge in [0.05, 0.1) is 6.04 Å². The van der Waals surface area contributed by atoms with Crippen LogP contribution >= 0.6 is 0 Å². The van der Waals surface area contributed by atoms with Gasteiger partial charge in [-0.15, -0.1) is 0 Å². The third kappa shape index (κ3) is 8.06. The Balaban J connectivity index is 3.88. The van der Waals surface area contributed by atoms with E-state index in [0.29, 0.717) is 25.3 Å². The topological polar surface area (TPSA) is 92.4 Å². The van der Waals surface area contributed by atoms with Gasteiger partial charge in [-0.3, -0.25) is 9.59 Å². The van der Waals surface area contributed by atoms with Gasteiger partial charge in [-0.05, 0) is 25.2 Å². The SMILES string of the molecule is CCCC(CCNC(=O)C(N)CC)CCC(=O)O. The van der Waals surface area contributed by atoms with Gasteiger partial charge in [-0.1, -0.05) is 26.7 Å². The number of amides is 1. The fraction of sp³-hybridized carbons (Fsp3) is 0.846. The first kappa shape index (κ1) is 16.9. The van der Waals surface area contributed by atoms with Gasteiger partial charge < -0.3 is 16.2 Å². The lowest BCUT2D eigenvalue weighted by atomic mass is 9.94. The van der Waals surface area contributed by atoms with E-state index in [1.54, 1.807) is 0 Å². The molecule has 0 saturated heterocycles. The number of carbonyl (C=O) groups excluding carboxylic acids is 1. The number of aliphatic carboxylic acids is 1. The minimum Gasteiger partial charge on any atom is -0.481 e. The summed E-state index contributed by atoms with van der Waals surface area (Å²) in [4.78, 5) is 22.0. The van der Waals surface area contributed by atoms with Crippen LogP contribution in [0.2, 0.25) is 0 Å². The van der Waals surface area contributed by atoms with E-state index in [-0.39, 0.29) is 12.3 Å². The van der Waals surface area contributed by atoms with Crippen LogP contribution in [0.1, 0.15) is 52.4 Å². The van der Waals surface area contributed by atoms with Gasteiger partial charge in [0.15, 0.2) is 0 Å². The molecule has 1 amide bonds. The Morgan fingerprint density at radius 3 is 2.39 bits per heavy atom. The zero-order valence-electron chi connectivity index (χ0n) is 11.4. The van der Waals surface area contributed by atoms with Gasteiger partial charge in [-0.2, -0.15) is 0 Å². The van der Waals surface area contributed by atoms with Gasteiger partial charge in [0.1, 0.15) is 0 Å². The fourth-order valence-corrected chi connectivity index (χ4v) is 1.88. The Morgan fingerprint density at radius 1 is 1.22 bits per heavy atom. The zero-order valence-corrected chi connectivity index (χ0v) is 11.4. The second-order valence-corrected chi connectivity index (χ2v) is 4.68. The van der Waals surface area contributed by atoms with Crippen molar-refractivity contribution < 1.29 is 14.7 Å². The monoisotopic (exact) mass is 258 g/mol. The van der Waals surface area contributed by atoms with E-state index < -0.39 is 12.0 Å². The molecule has 0 aliphatic heterocycles. The normalized spacial score (nSPS) is 13.9. The summed E-state index contributed by atoms with van der Waals surface area (Å²) in [5, 5.41) is 11.5. The molecule has 0 heterocycles. The van der Waals surface area contributed by atoms with Crippen molar-refractivity contribution in [1.82, 2.24) is 5.32 Å². The van der Waals surface area contributed by atoms with Crippen molar-refractivity contribution in [2.24, 2.45) is 11.7 Å². The molecule has 0 aromatic carbocycles. The summed E-state index contributed by atoms with van der Waals surface area (Å²) in [7, 11) is 0. The van der Waals surface area contributed by atoms with Crippen LogP contribution in [0.5, 0.6) is 0 Å². The molecule has 5 heteroatoms. The number of hydrogen-bond donors (Lipinski definition) is 3. The molecule has 0 saturated carbocycles. The van der Waals surface area contributed by atoms with Crippen LogP contribution in [-0.4, -0.2) is 29.6 Å². The number of hydrogen-bond acceptors (Lipinski definition) is 3. The maximum atomic E-state index is 11.4. The Hall–Kier alpha value is -1.10. The highest BCUT2D eigenvalue weighted by molar-refractivity contribution is 5.81. The number of carboxylic acids is 1. The molecule has 2 atom stereocenters. The van der Waals surface area contributed by atoms with Crippen molar-refractivity contribution in [3.63, 3.8) is 0 Å². The van der Waals surface area contributed by atoms with Gasteiger partial charge in [0.2, 0.25) is 5.91 Å². The van der Waals surface area contributed by atoms with E-state index >= 15 is 0 Å². The summed E-state index contributed by atoms with van der Waals surface area (Å²) in [6, 6.07) is -0.436. The summed E-state index contributed by atoms with van der Waals surface area (Å²) in [5.74, 6) is -0.511. The number of nitrogens with one attached hydrogen (secondary N) is 1. The molecule has 0 bridgehead atoms. The lowest BCUT2D eigenvalue weighted by Crippen LogP contribution is -2.40. The third-order valence-corrected chi connectivity index (χ3v) is 3.09. The van der Waals surface area contributed by atoms with Crippen LogP contribution in [0, 0.1) is 5.92 Å². The van der Waals surface area contributed by atoms with Crippen molar-refractivity contribution >= 4 is 11.9 Å². The molecule has 5 nitrogen and oxygen atoms in total. The molecule has 0 spiro atoms. The van der Waals surface area contributed by atoms with Gasteiger partial charge in [0, 0.05) is 13.0 Å². The third-order valence-electron chi connectivity index (χ3n) is 3.09. The molecule has 2 unspecified atom stereocenters. The van der Waals surface area contributed by atoms with E-state index in [0.717, 1.165) is 19.3 Å². The summed E-state index contributed by atoms with van der Waals surface area (Å²) in [6.45, 7) is 4.53. The molecule has 0 aromatic heterocycles. The van der Waals surface area contributed by atoms with Crippen molar-refractivity contribution in [2.45, 2.75) is 58.4 Å². The van der Waals surface area contributed by atoms with Gasteiger partial charge >= 0.3 is 5.97 Å². The Kier molecular flexibility index (Phi) is 9.28. The standard InChI is InChI=1S/C13H26N2O3/c1-3-5-10(6-7-12(16)17)8-9-15-13(18)11(14)4-2/h10-11H,3-9,14H2,1-2H3,(H,15,18)(H,16,17). The lowest BCUT2D eigenvalue weighted by Gasteiger charge is -2.16. The Labute approximate surface area is 109 Å². The highest BCUT2D eigenvalue weighted by atomic mass is 16.4. The van der Waals surface area contributed by atoms with E-state index in [1.807, 2.05) is 6.92 Å². The van der Waals surface area contributed by atoms with Gasteiger partial charge in [-0.25, -0.2) is 0 Å². The number of carbonyl (C=O) groups is 2. The van der Waals surface area contributed by atoms with Crippen molar-refractivity contribution in [2.75, 3.05) is 6.54 Å². The van der Waals surface area contributed by atoms with Crippen LogP contribution in [0.3, 0.4) is 0 Å². The van der Waals surface area contributed by atoms with E-state index in [9.17, 15) is 9.59 Å². The molecule has 0 radical (unpaired) electrons. The molecule has 4 N–H and O–H groups in total. The summed E-state index contributed by atoms with van der Waals surface area (Å²) in [6.07, 6.45) is 4.37. The molecular weight excluding hydrogens is 232 g/mol. The van der Waals surface area contributed by atoms with Crippen molar-refractivity contribution in [1.29, 1.82) is 0 Å². The molecule has 0 rings (SSSR count). The van der Waals surface area contributed by atoms with Crippen molar-refractivity contribution in [3.05, 3.63) is 0 Å². The Morgan fingerprint density at radius 2 is 1.89 bits per heavy atom. The number of carboxylic acid groups (broad SMARTS) is 1. The van der Waals surface area contributed by atoms with Gasteiger partial charge in [0.25, 0.3) is 0 Å². The smallest absolute Gasteiger partial charge is 0.303 e. The quantitative estimate of drug-likeness (QED) is 0.554. The first-order valence-electron chi connectivity index (χ1n) is 6.76. The maximum Gasteiger partial charge on any atom is 0.303 e. The predicted octanol–water partition coefficient (Wildman–Crippen LogP) is 1.51. The van der Waals surface area contributed by atoms with E-state index in [2.05, 4.69) is 12.2 Å². The highest BCUT2D eigenvalue weighted by Crippen LogP contribution is 2.17. The van der Waals surface area contributed by atoms with Crippen LogP contribution in [0.15, 0.2) is 0 Å². The molecule has 106 valence electrons. The fourth-order valence-electron chi connectivity index (χ4n) is 1.88. The first-order valence-corrected chi connectivity index (χ1v) is 6.76. The average molecular weight is 258 g/mol. The van der Waals surface area contributed by atoms with Crippen molar-refractivity contribution in [3.8, 4) is 0 Å².